The molecule has 0 saturated carbocycles. The minimum Gasteiger partial charge on any atom is -0.343 e. The zero-order chi connectivity index (χ0) is 22.6. The summed E-state index contributed by atoms with van der Waals surface area (Å²) in [5.74, 6) is -0.414. The summed E-state index contributed by atoms with van der Waals surface area (Å²) in [5, 5.41) is 3.44. The molecule has 5 nitrogen and oxygen atoms in total. The predicted molar refractivity (Wildman–Crippen MR) is 126 cm³/mol. The minimum atomic E-state index is -3.74. The maximum Gasteiger partial charge on any atom is 0.244 e. The van der Waals surface area contributed by atoms with Gasteiger partial charge in [0.25, 0.3) is 0 Å². The van der Waals surface area contributed by atoms with Crippen LogP contribution in [0.5, 0.6) is 0 Å². The molecule has 0 spiro atoms. The van der Waals surface area contributed by atoms with E-state index in [0.29, 0.717) is 10.7 Å². The number of benzene rings is 3. The fourth-order valence-electron chi connectivity index (χ4n) is 3.58. The zero-order valence-corrected chi connectivity index (χ0v) is 19.2. The van der Waals surface area contributed by atoms with Crippen LogP contribution in [-0.2, 0) is 14.8 Å². The normalized spacial score (nSPS) is 13.3. The quantitative estimate of drug-likeness (QED) is 0.560. The highest BCUT2D eigenvalue weighted by molar-refractivity contribution is 7.92. The summed E-state index contributed by atoms with van der Waals surface area (Å²) in [7, 11) is -3.74. The molecule has 0 aliphatic carbocycles. The fraction of sp³-hybridized carbons (Fsp3) is 0.208. The molecule has 3 aromatic rings. The van der Waals surface area contributed by atoms with E-state index in [4.69, 9.17) is 11.6 Å². The number of hydrogen-bond acceptors (Lipinski definition) is 3. The molecule has 3 rings (SSSR count). The second-order valence-corrected chi connectivity index (χ2v) is 9.72. The van der Waals surface area contributed by atoms with Crippen molar-refractivity contribution in [3.05, 3.63) is 101 Å². The molecule has 2 unspecified atom stereocenters. The van der Waals surface area contributed by atoms with Gasteiger partial charge in [-0.3, -0.25) is 9.10 Å². The third-order valence-corrected chi connectivity index (χ3v) is 6.55. The van der Waals surface area contributed by atoms with Gasteiger partial charge in [0.15, 0.2) is 0 Å². The standard InChI is InChI=1S/C24H25ClN2O3S/c1-17-10-7-8-15-22(17)23(19-11-5-4-6-12-19)26-24(28)18(2)27(31(3,29)30)21-14-9-13-20(25)16-21/h4-16,18,23H,1-3H3,(H,26,28). The van der Waals surface area contributed by atoms with E-state index in [-0.39, 0.29) is 0 Å². The van der Waals surface area contributed by atoms with Gasteiger partial charge in [-0.2, -0.15) is 0 Å². The maximum absolute atomic E-state index is 13.3. The van der Waals surface area contributed by atoms with Crippen LogP contribution >= 0.6 is 11.6 Å². The number of rotatable bonds is 7. The first-order valence-corrected chi connectivity index (χ1v) is 12.1. The number of hydrogen-bond donors (Lipinski definition) is 1. The number of nitrogens with zero attached hydrogens (tertiary/aromatic N) is 1. The van der Waals surface area contributed by atoms with E-state index in [9.17, 15) is 13.2 Å². The number of nitrogens with one attached hydrogen (secondary N) is 1. The molecule has 0 bridgehead atoms. The van der Waals surface area contributed by atoms with Gasteiger partial charge in [0.1, 0.15) is 6.04 Å². The Morgan fingerprint density at radius 1 is 0.968 bits per heavy atom. The van der Waals surface area contributed by atoms with Gasteiger partial charge < -0.3 is 5.32 Å². The van der Waals surface area contributed by atoms with Crippen LogP contribution in [0.15, 0.2) is 78.9 Å². The number of sulfonamides is 1. The molecule has 2 atom stereocenters. The number of anilines is 1. The Balaban J connectivity index is 1.98. The van der Waals surface area contributed by atoms with E-state index >= 15 is 0 Å². The Kier molecular flexibility index (Phi) is 7.03. The number of halogens is 1. The van der Waals surface area contributed by atoms with E-state index in [1.54, 1.807) is 25.1 Å². The van der Waals surface area contributed by atoms with Crippen molar-refractivity contribution >= 4 is 33.2 Å². The number of carbonyl (C=O) groups excluding carboxylic acids is 1. The first-order valence-electron chi connectivity index (χ1n) is 9.84. The third-order valence-electron chi connectivity index (χ3n) is 5.07. The highest BCUT2D eigenvalue weighted by Crippen LogP contribution is 2.27. The van der Waals surface area contributed by atoms with Crippen LogP contribution in [0, 0.1) is 6.92 Å². The van der Waals surface area contributed by atoms with Crippen LogP contribution in [0.2, 0.25) is 5.02 Å². The topological polar surface area (TPSA) is 66.5 Å². The summed E-state index contributed by atoms with van der Waals surface area (Å²) in [6.07, 6.45) is 1.08. The van der Waals surface area contributed by atoms with Crippen LogP contribution in [-0.4, -0.2) is 26.6 Å². The Labute approximate surface area is 188 Å². The number of aryl methyl sites for hydroxylation is 1. The van der Waals surface area contributed by atoms with Gasteiger partial charge in [-0.05, 0) is 48.7 Å². The fourth-order valence-corrected chi connectivity index (χ4v) is 4.93. The maximum atomic E-state index is 13.3. The van der Waals surface area contributed by atoms with Crippen molar-refractivity contribution in [1.29, 1.82) is 0 Å². The molecule has 0 aliphatic rings. The summed E-state index contributed by atoms with van der Waals surface area (Å²) < 4.78 is 26.2. The molecule has 0 saturated heterocycles. The molecule has 3 aromatic carbocycles. The van der Waals surface area contributed by atoms with E-state index in [1.165, 1.54) is 6.07 Å². The predicted octanol–water partition coefficient (Wildman–Crippen LogP) is 4.71. The van der Waals surface area contributed by atoms with Gasteiger partial charge in [0.05, 0.1) is 18.0 Å². The van der Waals surface area contributed by atoms with Gasteiger partial charge in [-0.15, -0.1) is 0 Å². The molecule has 0 radical (unpaired) electrons. The number of carbonyl (C=O) groups is 1. The second-order valence-electron chi connectivity index (χ2n) is 7.42. The van der Waals surface area contributed by atoms with Crippen molar-refractivity contribution in [3.63, 3.8) is 0 Å². The van der Waals surface area contributed by atoms with Gasteiger partial charge in [-0.1, -0.05) is 72.3 Å². The Hall–Kier alpha value is -2.83. The summed E-state index contributed by atoms with van der Waals surface area (Å²) >= 11 is 6.06. The van der Waals surface area contributed by atoms with Crippen LogP contribution < -0.4 is 9.62 Å². The molecular formula is C24H25ClN2O3S. The molecule has 7 heteroatoms. The molecule has 0 fully saturated rings. The first kappa shape index (κ1) is 22.8. The second kappa shape index (κ2) is 9.54. The molecule has 1 amide bonds. The molecule has 0 heterocycles. The lowest BCUT2D eigenvalue weighted by molar-refractivity contribution is -0.122. The van der Waals surface area contributed by atoms with Crippen LogP contribution in [0.4, 0.5) is 5.69 Å². The smallest absolute Gasteiger partial charge is 0.244 e. The molecular weight excluding hydrogens is 432 g/mol. The monoisotopic (exact) mass is 456 g/mol. The summed E-state index contributed by atoms with van der Waals surface area (Å²) in [6, 6.07) is 22.5. The summed E-state index contributed by atoms with van der Waals surface area (Å²) in [5.41, 5.74) is 3.22. The third kappa shape index (κ3) is 5.46. The van der Waals surface area contributed by atoms with Crippen LogP contribution in [0.1, 0.15) is 29.7 Å². The Bertz CT molecular complexity index is 1170. The van der Waals surface area contributed by atoms with Gasteiger partial charge in [0.2, 0.25) is 15.9 Å². The highest BCUT2D eigenvalue weighted by atomic mass is 35.5. The largest absolute Gasteiger partial charge is 0.343 e. The average Bonchev–Trinajstić information content (AvgIpc) is 2.72. The van der Waals surface area contributed by atoms with Crippen molar-refractivity contribution in [2.45, 2.75) is 25.9 Å². The van der Waals surface area contributed by atoms with Crippen molar-refractivity contribution in [2.24, 2.45) is 0 Å². The lowest BCUT2D eigenvalue weighted by atomic mass is 9.94. The van der Waals surface area contributed by atoms with E-state index in [2.05, 4.69) is 5.32 Å². The lowest BCUT2D eigenvalue weighted by Gasteiger charge is -2.30. The SMILES string of the molecule is Cc1ccccc1C(NC(=O)C(C)N(c1cccc(Cl)c1)S(C)(=O)=O)c1ccccc1. The van der Waals surface area contributed by atoms with Gasteiger partial charge >= 0.3 is 0 Å². The summed E-state index contributed by atoms with van der Waals surface area (Å²) in [4.78, 5) is 13.3. The van der Waals surface area contributed by atoms with E-state index in [0.717, 1.165) is 27.3 Å². The molecule has 0 aliphatic heterocycles. The summed E-state index contributed by atoms with van der Waals surface area (Å²) in [6.45, 7) is 3.55. The Morgan fingerprint density at radius 3 is 2.23 bits per heavy atom. The van der Waals surface area contributed by atoms with Gasteiger partial charge in [0, 0.05) is 5.02 Å². The van der Waals surface area contributed by atoms with Crippen molar-refractivity contribution < 1.29 is 13.2 Å². The van der Waals surface area contributed by atoms with Crippen molar-refractivity contribution in [1.82, 2.24) is 5.32 Å². The van der Waals surface area contributed by atoms with Crippen LogP contribution in [0.3, 0.4) is 0 Å². The van der Waals surface area contributed by atoms with Gasteiger partial charge in [-0.25, -0.2) is 8.42 Å². The van der Waals surface area contributed by atoms with E-state index in [1.807, 2.05) is 61.5 Å². The molecule has 162 valence electrons. The molecule has 1 N–H and O–H groups in total. The molecule has 31 heavy (non-hydrogen) atoms. The van der Waals surface area contributed by atoms with Crippen molar-refractivity contribution in [3.8, 4) is 0 Å². The first-order chi connectivity index (χ1) is 14.7. The highest BCUT2D eigenvalue weighted by Gasteiger charge is 2.31. The molecule has 0 aromatic heterocycles. The van der Waals surface area contributed by atoms with Crippen LogP contribution in [0.25, 0.3) is 0 Å². The average molecular weight is 457 g/mol. The van der Waals surface area contributed by atoms with E-state index < -0.39 is 28.0 Å². The zero-order valence-electron chi connectivity index (χ0n) is 17.6. The minimum absolute atomic E-state index is 0.338. The number of amides is 1. The Morgan fingerprint density at radius 2 is 1.61 bits per heavy atom. The lowest BCUT2D eigenvalue weighted by Crippen LogP contribution is -2.48. The van der Waals surface area contributed by atoms with Crippen molar-refractivity contribution in [2.75, 3.05) is 10.6 Å².